The molecule has 3 rings (SSSR count). The molecule has 116 valence electrons. The summed E-state index contributed by atoms with van der Waals surface area (Å²) in [5.74, 6) is -0.152. The molecule has 0 bridgehead atoms. The molecule has 3 aromatic rings. The summed E-state index contributed by atoms with van der Waals surface area (Å²) in [7, 11) is 0. The SMILES string of the molecule is CCOC(=O)c1nc2ccc(-c3ccc(O)cc3)cc2cc1C. The third kappa shape index (κ3) is 3.01. The number of carbonyl (C=O) groups is 1. The van der Waals surface area contributed by atoms with Gasteiger partial charge in [0.2, 0.25) is 0 Å². The molecule has 4 nitrogen and oxygen atoms in total. The highest BCUT2D eigenvalue weighted by Crippen LogP contribution is 2.26. The minimum Gasteiger partial charge on any atom is -0.508 e. The fraction of sp³-hybridized carbons (Fsp3) is 0.158. The molecule has 0 atom stereocenters. The van der Waals surface area contributed by atoms with Crippen LogP contribution in [0.5, 0.6) is 5.75 Å². The van der Waals surface area contributed by atoms with Crippen LogP contribution in [0.4, 0.5) is 0 Å². The van der Waals surface area contributed by atoms with E-state index in [0.717, 1.165) is 27.6 Å². The monoisotopic (exact) mass is 307 g/mol. The number of benzene rings is 2. The van der Waals surface area contributed by atoms with Crippen LogP contribution >= 0.6 is 0 Å². The van der Waals surface area contributed by atoms with Crippen molar-refractivity contribution in [3.8, 4) is 16.9 Å². The Bertz CT molecular complexity index is 870. The van der Waals surface area contributed by atoms with Crippen molar-refractivity contribution in [2.45, 2.75) is 13.8 Å². The number of phenols is 1. The summed E-state index contributed by atoms with van der Waals surface area (Å²) in [6, 6.07) is 14.9. The van der Waals surface area contributed by atoms with Crippen molar-refractivity contribution in [3.63, 3.8) is 0 Å². The summed E-state index contributed by atoms with van der Waals surface area (Å²) in [5, 5.41) is 10.3. The highest BCUT2D eigenvalue weighted by Gasteiger charge is 2.13. The summed E-state index contributed by atoms with van der Waals surface area (Å²) in [6.07, 6.45) is 0. The first-order chi connectivity index (χ1) is 11.1. The van der Waals surface area contributed by atoms with Gasteiger partial charge in [-0.3, -0.25) is 0 Å². The van der Waals surface area contributed by atoms with Gasteiger partial charge in [-0.15, -0.1) is 0 Å². The molecule has 0 spiro atoms. The van der Waals surface area contributed by atoms with Gasteiger partial charge in [-0.2, -0.15) is 0 Å². The lowest BCUT2D eigenvalue weighted by Crippen LogP contribution is -2.09. The van der Waals surface area contributed by atoms with Crippen molar-refractivity contribution >= 4 is 16.9 Å². The topological polar surface area (TPSA) is 59.4 Å². The number of ether oxygens (including phenoxy) is 1. The number of carbonyl (C=O) groups excluding carboxylic acids is 1. The summed E-state index contributed by atoms with van der Waals surface area (Å²) in [5.41, 5.74) is 3.94. The van der Waals surface area contributed by atoms with E-state index < -0.39 is 5.97 Å². The van der Waals surface area contributed by atoms with Crippen LogP contribution in [0.1, 0.15) is 23.0 Å². The van der Waals surface area contributed by atoms with Crippen LogP contribution in [0.3, 0.4) is 0 Å². The van der Waals surface area contributed by atoms with Crippen LogP contribution in [-0.2, 0) is 4.74 Å². The maximum atomic E-state index is 11.9. The van der Waals surface area contributed by atoms with E-state index in [9.17, 15) is 9.90 Å². The number of nitrogens with zero attached hydrogens (tertiary/aromatic N) is 1. The Morgan fingerprint density at radius 3 is 2.48 bits per heavy atom. The van der Waals surface area contributed by atoms with E-state index in [0.29, 0.717) is 12.3 Å². The number of fused-ring (bicyclic) bond motifs is 1. The fourth-order valence-electron chi connectivity index (χ4n) is 2.52. The second-order valence-electron chi connectivity index (χ2n) is 5.33. The van der Waals surface area contributed by atoms with Crippen LogP contribution in [-0.4, -0.2) is 22.7 Å². The number of phenolic OH excluding ortho intramolecular Hbond substituents is 1. The number of pyridine rings is 1. The zero-order valence-corrected chi connectivity index (χ0v) is 13.0. The molecule has 4 heteroatoms. The normalized spacial score (nSPS) is 10.7. The van der Waals surface area contributed by atoms with Crippen LogP contribution in [0.25, 0.3) is 22.0 Å². The Balaban J connectivity index is 2.05. The summed E-state index contributed by atoms with van der Waals surface area (Å²) < 4.78 is 5.04. The van der Waals surface area contributed by atoms with Gasteiger partial charge in [0.1, 0.15) is 5.75 Å². The zero-order valence-electron chi connectivity index (χ0n) is 13.0. The quantitative estimate of drug-likeness (QED) is 0.740. The van der Waals surface area contributed by atoms with E-state index in [1.807, 2.05) is 43.3 Å². The van der Waals surface area contributed by atoms with Crippen LogP contribution in [0.2, 0.25) is 0 Å². The Morgan fingerprint density at radius 1 is 1.09 bits per heavy atom. The minimum atomic E-state index is -0.394. The molecule has 0 fully saturated rings. The van der Waals surface area contributed by atoms with Crippen LogP contribution in [0, 0.1) is 6.92 Å². The van der Waals surface area contributed by atoms with Gasteiger partial charge in [0.15, 0.2) is 5.69 Å². The molecule has 2 aromatic carbocycles. The molecular formula is C19H17NO3. The van der Waals surface area contributed by atoms with Gasteiger partial charge < -0.3 is 9.84 Å². The second kappa shape index (κ2) is 6.08. The number of aryl methyl sites for hydroxylation is 1. The molecule has 0 aliphatic carbocycles. The molecule has 0 saturated heterocycles. The van der Waals surface area contributed by atoms with E-state index in [1.54, 1.807) is 19.1 Å². The van der Waals surface area contributed by atoms with Crippen LogP contribution in [0.15, 0.2) is 48.5 Å². The summed E-state index contributed by atoms with van der Waals surface area (Å²) in [6.45, 7) is 3.96. The highest BCUT2D eigenvalue weighted by atomic mass is 16.5. The molecular weight excluding hydrogens is 290 g/mol. The molecule has 0 aliphatic rings. The predicted octanol–water partition coefficient (Wildman–Crippen LogP) is 4.09. The third-order valence-corrected chi connectivity index (χ3v) is 3.67. The molecule has 0 amide bonds. The second-order valence-corrected chi connectivity index (χ2v) is 5.33. The van der Waals surface area contributed by atoms with E-state index >= 15 is 0 Å². The summed E-state index contributed by atoms with van der Waals surface area (Å²) in [4.78, 5) is 16.3. The molecule has 0 radical (unpaired) electrons. The first-order valence-electron chi connectivity index (χ1n) is 7.46. The number of aromatic nitrogens is 1. The van der Waals surface area contributed by atoms with Crippen molar-refractivity contribution in [2.24, 2.45) is 0 Å². The number of hydrogen-bond donors (Lipinski definition) is 1. The van der Waals surface area contributed by atoms with Crippen molar-refractivity contribution < 1.29 is 14.6 Å². The molecule has 1 aromatic heterocycles. The van der Waals surface area contributed by atoms with Crippen molar-refractivity contribution in [2.75, 3.05) is 6.61 Å². The Kier molecular flexibility index (Phi) is 3.98. The Morgan fingerprint density at radius 2 is 1.78 bits per heavy atom. The highest BCUT2D eigenvalue weighted by molar-refractivity contribution is 5.94. The first kappa shape index (κ1) is 15.0. The molecule has 0 saturated carbocycles. The Labute approximate surface area is 134 Å². The van der Waals surface area contributed by atoms with E-state index in [2.05, 4.69) is 4.98 Å². The number of esters is 1. The van der Waals surface area contributed by atoms with Gasteiger partial charge in [0, 0.05) is 5.39 Å². The van der Waals surface area contributed by atoms with Gasteiger partial charge >= 0.3 is 5.97 Å². The molecule has 1 heterocycles. The largest absolute Gasteiger partial charge is 0.508 e. The average Bonchev–Trinajstić information content (AvgIpc) is 2.54. The maximum absolute atomic E-state index is 11.9. The zero-order chi connectivity index (χ0) is 16.4. The van der Waals surface area contributed by atoms with Gasteiger partial charge in [-0.05, 0) is 60.9 Å². The molecule has 0 unspecified atom stereocenters. The van der Waals surface area contributed by atoms with Crippen molar-refractivity contribution in [3.05, 3.63) is 59.8 Å². The molecule has 0 aliphatic heterocycles. The minimum absolute atomic E-state index is 0.242. The van der Waals surface area contributed by atoms with Crippen LogP contribution < -0.4 is 0 Å². The van der Waals surface area contributed by atoms with Gasteiger partial charge in [0.05, 0.1) is 12.1 Å². The Hall–Kier alpha value is -2.88. The lowest BCUT2D eigenvalue weighted by Gasteiger charge is -2.08. The number of rotatable bonds is 3. The van der Waals surface area contributed by atoms with Gasteiger partial charge in [-0.25, -0.2) is 9.78 Å². The third-order valence-electron chi connectivity index (χ3n) is 3.67. The first-order valence-corrected chi connectivity index (χ1v) is 7.46. The fourth-order valence-corrected chi connectivity index (χ4v) is 2.52. The smallest absolute Gasteiger partial charge is 0.357 e. The van der Waals surface area contributed by atoms with Crippen molar-refractivity contribution in [1.29, 1.82) is 0 Å². The number of aromatic hydroxyl groups is 1. The maximum Gasteiger partial charge on any atom is 0.357 e. The number of hydrogen-bond acceptors (Lipinski definition) is 4. The van der Waals surface area contributed by atoms with Gasteiger partial charge in [-0.1, -0.05) is 18.2 Å². The lowest BCUT2D eigenvalue weighted by atomic mass is 10.0. The van der Waals surface area contributed by atoms with E-state index in [-0.39, 0.29) is 5.75 Å². The average molecular weight is 307 g/mol. The van der Waals surface area contributed by atoms with Crippen molar-refractivity contribution in [1.82, 2.24) is 4.98 Å². The van der Waals surface area contributed by atoms with E-state index in [4.69, 9.17) is 4.74 Å². The lowest BCUT2D eigenvalue weighted by molar-refractivity contribution is 0.0519. The predicted molar refractivity (Wildman–Crippen MR) is 89.5 cm³/mol. The molecule has 23 heavy (non-hydrogen) atoms. The molecule has 1 N–H and O–H groups in total. The standard InChI is InChI=1S/C19H17NO3/c1-3-23-19(22)18-12(2)10-15-11-14(6-9-17(15)20-18)13-4-7-16(21)8-5-13/h4-11,21H,3H2,1-2H3. The van der Waals surface area contributed by atoms with Gasteiger partial charge in [0.25, 0.3) is 0 Å². The van der Waals surface area contributed by atoms with E-state index in [1.165, 1.54) is 0 Å². The summed E-state index contributed by atoms with van der Waals surface area (Å²) >= 11 is 0.